The van der Waals surface area contributed by atoms with Gasteiger partial charge in [-0.3, -0.25) is 9.59 Å². The zero-order chi connectivity index (χ0) is 15.9. The lowest BCUT2D eigenvalue weighted by Gasteiger charge is -2.16. The number of hydrogen-bond donors (Lipinski definition) is 1. The molecule has 2 atom stereocenters. The van der Waals surface area contributed by atoms with E-state index in [1.807, 2.05) is 0 Å². The third-order valence-electron chi connectivity index (χ3n) is 4.65. The monoisotopic (exact) mass is 309 g/mol. The van der Waals surface area contributed by atoms with E-state index in [1.165, 1.54) is 11.0 Å². The van der Waals surface area contributed by atoms with Crippen LogP contribution in [0.5, 0.6) is 0 Å². The van der Waals surface area contributed by atoms with Crippen molar-refractivity contribution in [3.8, 4) is 0 Å². The first-order chi connectivity index (χ1) is 10.5. The Morgan fingerprint density at radius 2 is 1.82 bits per heavy atom. The second kappa shape index (κ2) is 5.66. The van der Waals surface area contributed by atoms with E-state index in [4.69, 9.17) is 0 Å². The minimum Gasteiger partial charge on any atom is -0.481 e. The average molecular weight is 309 g/mol. The molecule has 1 aromatic rings. The molecule has 1 N–H and O–H groups in total. The van der Waals surface area contributed by atoms with E-state index in [0.29, 0.717) is 12.5 Å². The third kappa shape index (κ3) is 2.82. The zero-order valence-electron chi connectivity index (χ0n) is 12.0. The van der Waals surface area contributed by atoms with E-state index >= 15 is 0 Å². The summed E-state index contributed by atoms with van der Waals surface area (Å²) in [5, 5.41) is 9.28. The van der Waals surface area contributed by atoms with Gasteiger partial charge in [0.25, 0.3) is 0 Å². The third-order valence-corrected chi connectivity index (χ3v) is 4.65. The lowest BCUT2D eigenvalue weighted by molar-refractivity contribution is -0.142. The number of benzene rings is 1. The molecule has 0 bridgehead atoms. The Balaban J connectivity index is 1.72. The maximum absolute atomic E-state index is 13.6. The highest BCUT2D eigenvalue weighted by molar-refractivity contribution is 5.81. The predicted molar refractivity (Wildman–Crippen MR) is 74.0 cm³/mol. The summed E-state index contributed by atoms with van der Waals surface area (Å²) in [5.41, 5.74) is -0.255. The summed E-state index contributed by atoms with van der Waals surface area (Å²) in [6.45, 7) is 0.502. The second-order valence-electron chi connectivity index (χ2n) is 6.12. The number of likely N-dealkylation sites (tertiary alicyclic amines) is 1. The van der Waals surface area contributed by atoms with Crippen molar-refractivity contribution in [2.24, 2.45) is 17.8 Å². The van der Waals surface area contributed by atoms with Gasteiger partial charge in [0.2, 0.25) is 5.91 Å². The first kappa shape index (κ1) is 14.9. The van der Waals surface area contributed by atoms with Crippen molar-refractivity contribution in [3.63, 3.8) is 0 Å². The van der Waals surface area contributed by atoms with E-state index in [2.05, 4.69) is 0 Å². The number of rotatable bonds is 4. The highest BCUT2D eigenvalue weighted by atomic mass is 19.1. The molecule has 3 rings (SSSR count). The van der Waals surface area contributed by atoms with Gasteiger partial charge in [-0.25, -0.2) is 8.78 Å². The van der Waals surface area contributed by atoms with E-state index < -0.39 is 29.4 Å². The van der Waals surface area contributed by atoms with Crippen molar-refractivity contribution >= 4 is 11.9 Å². The van der Waals surface area contributed by atoms with Crippen LogP contribution in [-0.4, -0.2) is 35.0 Å². The average Bonchev–Trinajstić information content (AvgIpc) is 3.21. The summed E-state index contributed by atoms with van der Waals surface area (Å²) in [5.74, 6) is -3.05. The molecule has 1 aliphatic carbocycles. The van der Waals surface area contributed by atoms with Gasteiger partial charge in [-0.15, -0.1) is 0 Å². The van der Waals surface area contributed by atoms with Crippen LogP contribution in [0.4, 0.5) is 8.78 Å². The van der Waals surface area contributed by atoms with E-state index in [-0.39, 0.29) is 24.4 Å². The first-order valence-corrected chi connectivity index (χ1v) is 7.41. The lowest BCUT2D eigenvalue weighted by atomic mass is 9.92. The topological polar surface area (TPSA) is 57.6 Å². The van der Waals surface area contributed by atoms with Crippen LogP contribution in [0.1, 0.15) is 18.4 Å². The molecule has 2 aliphatic rings. The minimum atomic E-state index is -0.899. The van der Waals surface area contributed by atoms with Gasteiger partial charge in [-0.05, 0) is 36.8 Å². The number of hydrogen-bond acceptors (Lipinski definition) is 2. The van der Waals surface area contributed by atoms with Crippen molar-refractivity contribution in [1.29, 1.82) is 0 Å². The van der Waals surface area contributed by atoms with E-state index in [1.54, 1.807) is 0 Å². The van der Waals surface area contributed by atoms with Gasteiger partial charge in [-0.1, -0.05) is 6.07 Å². The fraction of sp³-hybridized carbons (Fsp3) is 0.500. The van der Waals surface area contributed by atoms with Crippen LogP contribution < -0.4 is 0 Å². The molecule has 1 saturated carbocycles. The fourth-order valence-electron chi connectivity index (χ4n) is 3.26. The van der Waals surface area contributed by atoms with Crippen LogP contribution in [0.3, 0.4) is 0 Å². The van der Waals surface area contributed by atoms with Crippen molar-refractivity contribution in [3.05, 3.63) is 35.4 Å². The van der Waals surface area contributed by atoms with Gasteiger partial charge < -0.3 is 10.0 Å². The summed E-state index contributed by atoms with van der Waals surface area (Å²) < 4.78 is 27.2. The number of halogens is 2. The molecule has 1 heterocycles. The molecule has 2 fully saturated rings. The van der Waals surface area contributed by atoms with Crippen molar-refractivity contribution in [2.75, 3.05) is 13.1 Å². The van der Waals surface area contributed by atoms with Crippen LogP contribution in [-0.2, 0) is 16.0 Å². The zero-order valence-corrected chi connectivity index (χ0v) is 12.0. The summed E-state index contributed by atoms with van der Waals surface area (Å²) in [4.78, 5) is 25.0. The van der Waals surface area contributed by atoms with Crippen LogP contribution >= 0.6 is 0 Å². The number of nitrogens with zero attached hydrogens (tertiary/aromatic N) is 1. The van der Waals surface area contributed by atoms with Crippen molar-refractivity contribution in [1.82, 2.24) is 4.90 Å². The van der Waals surface area contributed by atoms with Gasteiger partial charge in [0.1, 0.15) is 11.6 Å². The Morgan fingerprint density at radius 1 is 1.18 bits per heavy atom. The second-order valence-corrected chi connectivity index (χ2v) is 6.12. The fourth-order valence-corrected chi connectivity index (χ4v) is 3.26. The Bertz CT molecular complexity index is 595. The smallest absolute Gasteiger partial charge is 0.308 e. The molecule has 0 spiro atoms. The Morgan fingerprint density at radius 3 is 2.36 bits per heavy atom. The molecule has 4 nitrogen and oxygen atoms in total. The number of carbonyl (C=O) groups is 2. The predicted octanol–water partition coefficient (Wildman–Crippen LogP) is 2.08. The minimum absolute atomic E-state index is 0.0353. The number of carboxylic acids is 1. The maximum Gasteiger partial charge on any atom is 0.308 e. The molecule has 1 aromatic carbocycles. The van der Waals surface area contributed by atoms with Crippen molar-refractivity contribution in [2.45, 2.75) is 19.3 Å². The molecule has 118 valence electrons. The first-order valence-electron chi connectivity index (χ1n) is 7.41. The van der Waals surface area contributed by atoms with E-state index in [0.717, 1.165) is 25.0 Å². The van der Waals surface area contributed by atoms with Crippen molar-refractivity contribution < 1.29 is 23.5 Å². The van der Waals surface area contributed by atoms with Gasteiger partial charge >= 0.3 is 5.97 Å². The van der Waals surface area contributed by atoms with Gasteiger partial charge in [0, 0.05) is 18.7 Å². The quantitative estimate of drug-likeness (QED) is 0.926. The van der Waals surface area contributed by atoms with Crippen LogP contribution in [0.15, 0.2) is 18.2 Å². The number of carbonyl (C=O) groups excluding carboxylic acids is 1. The summed E-state index contributed by atoms with van der Waals surface area (Å²) >= 11 is 0. The van der Waals surface area contributed by atoms with Crippen LogP contribution in [0, 0.1) is 29.4 Å². The van der Waals surface area contributed by atoms with Gasteiger partial charge in [-0.2, -0.15) is 0 Å². The summed E-state index contributed by atoms with van der Waals surface area (Å²) in [7, 11) is 0. The molecule has 1 amide bonds. The van der Waals surface area contributed by atoms with Crippen LogP contribution in [0.2, 0.25) is 0 Å². The molecule has 0 aromatic heterocycles. The van der Waals surface area contributed by atoms with E-state index in [9.17, 15) is 23.5 Å². The molecular weight excluding hydrogens is 292 g/mol. The molecule has 0 radical (unpaired) electrons. The number of aliphatic carboxylic acids is 1. The standard InChI is InChI=1S/C16H17F2NO3/c17-13-2-1-3-14(18)10(13)6-15(20)19-7-11(9-4-5-9)12(8-19)16(21)22/h1-3,9,11-12H,4-8H2,(H,21,22)/t11-,12+/m1/s1. The Hall–Kier alpha value is -1.98. The number of carboxylic acid groups (broad SMARTS) is 1. The Kier molecular flexibility index (Phi) is 3.85. The maximum atomic E-state index is 13.6. The normalized spacial score (nSPS) is 24.5. The highest BCUT2D eigenvalue weighted by Gasteiger charge is 2.46. The molecular formula is C16H17F2NO3. The molecule has 6 heteroatoms. The number of amides is 1. The lowest BCUT2D eigenvalue weighted by Crippen LogP contribution is -2.31. The summed E-state index contributed by atoms with van der Waals surface area (Å²) in [6, 6.07) is 3.48. The van der Waals surface area contributed by atoms with Gasteiger partial charge in [0.05, 0.1) is 12.3 Å². The largest absolute Gasteiger partial charge is 0.481 e. The molecule has 22 heavy (non-hydrogen) atoms. The SMILES string of the molecule is O=C(O)[C@H]1CN(C(=O)Cc2c(F)cccc2F)C[C@@H]1C1CC1. The molecule has 1 aliphatic heterocycles. The van der Waals surface area contributed by atoms with Crippen LogP contribution in [0.25, 0.3) is 0 Å². The molecule has 1 saturated heterocycles. The van der Waals surface area contributed by atoms with Gasteiger partial charge in [0.15, 0.2) is 0 Å². The Labute approximate surface area is 126 Å². The highest BCUT2D eigenvalue weighted by Crippen LogP contribution is 2.44. The summed E-state index contributed by atoms with van der Waals surface area (Å²) in [6.07, 6.45) is 1.62. The molecule has 0 unspecified atom stereocenters.